The number of imidazole rings is 2. The molecule has 0 spiro atoms. The smallest absolute Gasteiger partial charge is 0.407 e. The van der Waals surface area contributed by atoms with E-state index < -0.39 is 24.3 Å². The summed E-state index contributed by atoms with van der Waals surface area (Å²) in [6.07, 6.45) is 7.50. The molecule has 0 bridgehead atoms. The van der Waals surface area contributed by atoms with Gasteiger partial charge in [0.25, 0.3) is 0 Å². The molecule has 0 radical (unpaired) electrons. The largest absolute Gasteiger partial charge is 0.453 e. The number of hydrogen-bond donors (Lipinski definition) is 4. The zero-order chi connectivity index (χ0) is 43.4. The summed E-state index contributed by atoms with van der Waals surface area (Å²) >= 11 is 1.88. The first-order valence-electron chi connectivity index (χ1n) is 22.0. The number of nitrogens with zero attached hydrogens (tertiary/aromatic N) is 4. The van der Waals surface area contributed by atoms with Crippen LogP contribution in [-0.2, 0) is 25.5 Å². The van der Waals surface area contributed by atoms with Gasteiger partial charge in [-0.05, 0) is 109 Å². The maximum atomic E-state index is 13.8. The molecule has 1 saturated carbocycles. The number of carbonyl (C=O) groups is 4. The van der Waals surface area contributed by atoms with Crippen LogP contribution >= 0.6 is 11.3 Å². The monoisotopic (exact) mass is 860 g/mol. The number of nitrogens with one attached hydrogen (secondary N) is 4. The lowest BCUT2D eigenvalue weighted by Crippen LogP contribution is -2.51. The zero-order valence-corrected chi connectivity index (χ0v) is 37.1. The van der Waals surface area contributed by atoms with Crippen molar-refractivity contribution < 1.29 is 28.7 Å². The Hall–Kier alpha value is -5.70. The highest BCUT2D eigenvalue weighted by Gasteiger charge is 2.44. The number of ether oxygens (including phenoxy) is 2. The SMILES string of the molecule is COC(=O)N[C@H](C(=O)N1CCC[C@H]1c1ncc(-c2ccc(-c3sc(-c4ccc5nc([C@@H]6CCCN6C(=O)[C@@H](NC(=O)OC)C(C)C)[nH]c5c4)c4c3C3CCC3C4)cc2)[nH]1)C(C)C. The van der Waals surface area contributed by atoms with E-state index in [2.05, 4.69) is 63.1 Å². The zero-order valence-electron chi connectivity index (χ0n) is 36.2. The molecule has 9 rings (SSSR count). The van der Waals surface area contributed by atoms with E-state index in [0.717, 1.165) is 66.0 Å². The summed E-state index contributed by atoms with van der Waals surface area (Å²) in [5, 5.41) is 5.46. The van der Waals surface area contributed by atoms with Crippen LogP contribution in [0.15, 0.2) is 48.7 Å². The van der Waals surface area contributed by atoms with Gasteiger partial charge in [0, 0.05) is 22.8 Å². The molecule has 4 amide bonds. The van der Waals surface area contributed by atoms with Crippen molar-refractivity contribution in [1.29, 1.82) is 0 Å². The van der Waals surface area contributed by atoms with Gasteiger partial charge in [0.05, 0.1) is 49.2 Å². The Morgan fingerprint density at radius 2 is 1.34 bits per heavy atom. The van der Waals surface area contributed by atoms with Gasteiger partial charge in [-0.3, -0.25) is 9.59 Å². The van der Waals surface area contributed by atoms with Gasteiger partial charge in [0.1, 0.15) is 23.7 Å². The van der Waals surface area contributed by atoms with Crippen molar-refractivity contribution in [3.05, 3.63) is 71.4 Å². The third-order valence-electron chi connectivity index (χ3n) is 13.6. The van der Waals surface area contributed by atoms with E-state index in [4.69, 9.17) is 19.4 Å². The van der Waals surface area contributed by atoms with E-state index in [-0.39, 0.29) is 35.7 Å². The molecule has 2 aliphatic carbocycles. The van der Waals surface area contributed by atoms with Crippen LogP contribution in [0.2, 0.25) is 0 Å². The van der Waals surface area contributed by atoms with Gasteiger partial charge in [0.15, 0.2) is 0 Å². The molecule has 5 heterocycles. The quantitative estimate of drug-likeness (QED) is 0.102. The number of hydrogen-bond acceptors (Lipinski definition) is 9. The molecule has 6 atom stereocenters. The number of fused-ring (bicyclic) bond motifs is 4. The molecule has 2 unspecified atom stereocenters. The number of likely N-dealkylation sites (tertiary alicyclic amines) is 2. The highest BCUT2D eigenvalue weighted by molar-refractivity contribution is 7.19. The highest BCUT2D eigenvalue weighted by atomic mass is 32.1. The Bertz CT molecular complexity index is 2510. The van der Waals surface area contributed by atoms with E-state index >= 15 is 0 Å². The van der Waals surface area contributed by atoms with E-state index in [9.17, 15) is 19.2 Å². The second kappa shape index (κ2) is 16.9. The molecule has 14 nitrogen and oxygen atoms in total. The topological polar surface area (TPSA) is 175 Å². The van der Waals surface area contributed by atoms with E-state index in [1.54, 1.807) is 0 Å². The summed E-state index contributed by atoms with van der Waals surface area (Å²) in [4.78, 5) is 74.8. The number of H-pyrrole nitrogens is 2. The summed E-state index contributed by atoms with van der Waals surface area (Å²) in [6, 6.07) is 13.5. The van der Waals surface area contributed by atoms with E-state index in [1.807, 2.05) is 55.0 Å². The fraction of sp³-hybridized carbons (Fsp3) is 0.489. The summed E-state index contributed by atoms with van der Waals surface area (Å²) in [6.45, 7) is 8.88. The third kappa shape index (κ3) is 7.51. The second-order valence-corrected chi connectivity index (χ2v) is 19.0. The number of aromatic amines is 2. The van der Waals surface area contributed by atoms with Crippen molar-refractivity contribution in [2.75, 3.05) is 27.3 Å². The molecular weight excluding hydrogens is 805 g/mol. The van der Waals surface area contributed by atoms with Gasteiger partial charge in [-0.25, -0.2) is 19.6 Å². The maximum Gasteiger partial charge on any atom is 0.407 e. The van der Waals surface area contributed by atoms with Gasteiger partial charge in [0.2, 0.25) is 11.8 Å². The maximum absolute atomic E-state index is 13.8. The lowest BCUT2D eigenvalue weighted by molar-refractivity contribution is -0.136. The predicted molar refractivity (Wildman–Crippen MR) is 237 cm³/mol. The number of methoxy groups -OCH3 is 2. The Labute approximate surface area is 365 Å². The average molecular weight is 861 g/mol. The van der Waals surface area contributed by atoms with Crippen molar-refractivity contribution in [1.82, 2.24) is 40.4 Å². The number of alkyl carbamates (subject to hydrolysis) is 2. The van der Waals surface area contributed by atoms with Crippen LogP contribution in [0.5, 0.6) is 0 Å². The van der Waals surface area contributed by atoms with Crippen molar-refractivity contribution in [2.45, 2.75) is 103 Å². The molecule has 4 N–H and O–H groups in total. The minimum absolute atomic E-state index is 0.103. The fourth-order valence-electron chi connectivity index (χ4n) is 10.1. The average Bonchev–Trinajstić information content (AvgIpc) is 4.12. The van der Waals surface area contributed by atoms with Crippen LogP contribution in [-0.4, -0.2) is 93.1 Å². The number of benzene rings is 2. The number of amides is 4. The molecule has 2 saturated heterocycles. The lowest BCUT2D eigenvalue weighted by Gasteiger charge is -2.31. The molecule has 3 aromatic heterocycles. The van der Waals surface area contributed by atoms with Gasteiger partial charge in [-0.1, -0.05) is 58.0 Å². The molecule has 2 aliphatic heterocycles. The van der Waals surface area contributed by atoms with Crippen LogP contribution in [0.3, 0.4) is 0 Å². The Morgan fingerprint density at radius 1 is 0.742 bits per heavy atom. The first kappa shape index (κ1) is 41.6. The Kier molecular flexibility index (Phi) is 11.3. The lowest BCUT2D eigenvalue weighted by atomic mass is 9.74. The molecule has 4 aliphatic rings. The van der Waals surface area contributed by atoms with Crippen LogP contribution in [0.1, 0.15) is 107 Å². The molecule has 326 valence electrons. The van der Waals surface area contributed by atoms with Gasteiger partial charge in [-0.2, -0.15) is 0 Å². The highest BCUT2D eigenvalue weighted by Crippen LogP contribution is 2.59. The van der Waals surface area contributed by atoms with Gasteiger partial charge >= 0.3 is 12.2 Å². The minimum atomic E-state index is -0.687. The molecule has 62 heavy (non-hydrogen) atoms. The van der Waals surface area contributed by atoms with Gasteiger partial charge in [-0.15, -0.1) is 11.3 Å². The normalized spacial score (nSPS) is 21.5. The van der Waals surface area contributed by atoms with Crippen LogP contribution < -0.4 is 10.6 Å². The molecule has 15 heteroatoms. The minimum Gasteiger partial charge on any atom is -0.453 e. The van der Waals surface area contributed by atoms with Crippen LogP contribution in [0, 0.1) is 17.8 Å². The summed E-state index contributed by atoms with van der Waals surface area (Å²) in [5.41, 5.74) is 9.09. The van der Waals surface area contributed by atoms with Gasteiger partial charge < -0.3 is 39.9 Å². The standard InChI is InChI=1S/C47H56N8O6S/c1-24(2)38(52-46(58)60-5)44(56)54-19-7-9-35(54)42-48-23-34(51-42)26-11-13-27(14-12-26)41-37-30-17-15-28(30)21-31(37)40(62-41)29-16-18-32-33(22-29)50-43(49-32)36-10-8-20-55(36)45(57)39(25(3)4)53-47(59)61-6/h11-14,16,18,22-25,28,30,35-36,38-39H,7-10,15,17,19-21H2,1-6H3,(H,48,51)(H,49,50)(H,52,58)(H,53,59)/t28?,30?,35-,36-,38-,39-/m0/s1. The number of thiophene rings is 1. The number of carbonyl (C=O) groups excluding carboxylic acids is 4. The molecule has 2 aromatic carbocycles. The first-order chi connectivity index (χ1) is 29.9. The van der Waals surface area contributed by atoms with Crippen LogP contribution in [0.25, 0.3) is 43.2 Å². The molecule has 5 aromatic rings. The molecule has 3 fully saturated rings. The van der Waals surface area contributed by atoms with Crippen molar-refractivity contribution in [3.8, 4) is 32.1 Å². The fourth-order valence-corrected chi connectivity index (χ4v) is 11.5. The number of aromatic nitrogens is 4. The van der Waals surface area contributed by atoms with E-state index in [1.165, 1.54) is 59.1 Å². The number of rotatable bonds is 11. The predicted octanol–water partition coefficient (Wildman–Crippen LogP) is 8.49. The Balaban J connectivity index is 0.954. The summed E-state index contributed by atoms with van der Waals surface area (Å²) in [7, 11) is 2.61. The summed E-state index contributed by atoms with van der Waals surface area (Å²) < 4.78 is 9.61. The van der Waals surface area contributed by atoms with Crippen molar-refractivity contribution in [2.24, 2.45) is 17.8 Å². The third-order valence-corrected chi connectivity index (χ3v) is 15.0. The molecular formula is C47H56N8O6S. The summed E-state index contributed by atoms with van der Waals surface area (Å²) in [5.74, 6) is 2.34. The second-order valence-electron chi connectivity index (χ2n) is 18.0. The Morgan fingerprint density at radius 3 is 1.92 bits per heavy atom. The van der Waals surface area contributed by atoms with Crippen molar-refractivity contribution in [3.63, 3.8) is 0 Å². The van der Waals surface area contributed by atoms with Crippen LogP contribution in [0.4, 0.5) is 9.59 Å². The first-order valence-corrected chi connectivity index (χ1v) is 22.9. The van der Waals surface area contributed by atoms with Crippen molar-refractivity contribution >= 4 is 46.4 Å². The van der Waals surface area contributed by atoms with E-state index in [0.29, 0.717) is 24.9 Å².